The van der Waals surface area contributed by atoms with Crippen molar-refractivity contribution in [3.8, 4) is 0 Å². The normalized spacial score (nSPS) is 30.6. The zero-order valence-corrected chi connectivity index (χ0v) is 16.7. The number of carbonyl (C=O) groups is 4. The van der Waals surface area contributed by atoms with E-state index in [9.17, 15) is 19.2 Å². The highest BCUT2D eigenvalue weighted by molar-refractivity contribution is 5.90. The minimum absolute atomic E-state index is 0.130. The standard InChI is InChI=1S/C20H30N2O6/c1-3-27-19(25)15-9-5-7-13-11-18(24)22-14(12-17(23)21(13)15)8-6-10-16(22)20(26)28-4-2/h13-16H,3-12H2,1-2H3/t13-,14-,15+,16+/m1/s1. The number of piperidine rings is 2. The molecule has 3 heterocycles. The molecule has 0 spiro atoms. The Kier molecular flexibility index (Phi) is 6.57. The molecule has 2 amide bonds. The number of rotatable bonds is 4. The zero-order chi connectivity index (χ0) is 20.3. The molecule has 0 aromatic rings. The fourth-order valence-corrected chi connectivity index (χ4v) is 4.87. The molecule has 3 aliphatic heterocycles. The number of fused-ring (bicyclic) bond motifs is 2. The van der Waals surface area contributed by atoms with Crippen LogP contribution in [0.1, 0.15) is 65.2 Å². The number of carbonyl (C=O) groups excluding carboxylic acids is 4. The molecule has 3 rings (SSSR count). The van der Waals surface area contributed by atoms with Crippen LogP contribution in [0.3, 0.4) is 0 Å². The van der Waals surface area contributed by atoms with Crippen LogP contribution < -0.4 is 0 Å². The van der Waals surface area contributed by atoms with E-state index < -0.39 is 24.0 Å². The van der Waals surface area contributed by atoms with Crippen LogP contribution >= 0.6 is 0 Å². The number of amides is 2. The summed E-state index contributed by atoms with van der Waals surface area (Å²) in [6.07, 6.45) is 4.27. The monoisotopic (exact) mass is 394 g/mol. The third-order valence-electron chi connectivity index (χ3n) is 6.00. The molecule has 0 radical (unpaired) electrons. The largest absolute Gasteiger partial charge is 0.464 e. The third kappa shape index (κ3) is 4.00. The molecule has 0 N–H and O–H groups in total. The summed E-state index contributed by atoms with van der Waals surface area (Å²) < 4.78 is 10.3. The van der Waals surface area contributed by atoms with Crippen molar-refractivity contribution in [1.29, 1.82) is 0 Å². The number of ether oxygens (including phenoxy) is 2. The minimum atomic E-state index is -0.616. The van der Waals surface area contributed by atoms with Crippen molar-refractivity contribution in [1.82, 2.24) is 9.80 Å². The van der Waals surface area contributed by atoms with Gasteiger partial charge in [0.05, 0.1) is 13.2 Å². The number of nitrogens with zero attached hydrogens (tertiary/aromatic N) is 2. The quantitative estimate of drug-likeness (QED) is 0.669. The van der Waals surface area contributed by atoms with Crippen LogP contribution in [0.5, 0.6) is 0 Å². The maximum absolute atomic E-state index is 13.1. The fraction of sp³-hybridized carbons (Fsp3) is 0.800. The molecule has 4 atom stereocenters. The fourth-order valence-electron chi connectivity index (χ4n) is 4.87. The Hall–Kier alpha value is -2.12. The maximum Gasteiger partial charge on any atom is 0.328 e. The van der Waals surface area contributed by atoms with Crippen molar-refractivity contribution in [2.75, 3.05) is 13.2 Å². The van der Waals surface area contributed by atoms with Gasteiger partial charge in [-0.25, -0.2) is 9.59 Å². The van der Waals surface area contributed by atoms with E-state index >= 15 is 0 Å². The zero-order valence-electron chi connectivity index (χ0n) is 16.7. The summed E-state index contributed by atoms with van der Waals surface area (Å²) in [5.74, 6) is -1.04. The Labute approximate surface area is 165 Å². The van der Waals surface area contributed by atoms with Crippen molar-refractivity contribution in [3.05, 3.63) is 0 Å². The van der Waals surface area contributed by atoms with E-state index in [1.807, 2.05) is 0 Å². The molecule has 0 aromatic heterocycles. The lowest BCUT2D eigenvalue weighted by atomic mass is 9.86. The van der Waals surface area contributed by atoms with Gasteiger partial charge in [0.15, 0.2) is 0 Å². The average molecular weight is 394 g/mol. The molecule has 8 heteroatoms. The van der Waals surface area contributed by atoms with Crippen LogP contribution in [-0.4, -0.2) is 70.9 Å². The van der Waals surface area contributed by atoms with Gasteiger partial charge in [-0.3, -0.25) is 9.59 Å². The SMILES string of the molecule is CCOC(=O)[C@@H]1CCC[C@@H]2CC(=O)N3[C@H](CCC[C@H]3C(=O)OCC)CC(=O)N21. The Bertz CT molecular complexity index is 582. The Morgan fingerprint density at radius 3 is 1.54 bits per heavy atom. The van der Waals surface area contributed by atoms with Gasteiger partial charge in [0.2, 0.25) is 11.8 Å². The average Bonchev–Trinajstić information content (AvgIpc) is 2.66. The van der Waals surface area contributed by atoms with E-state index in [-0.39, 0.29) is 50.0 Å². The lowest BCUT2D eigenvalue weighted by Crippen LogP contribution is -2.62. The van der Waals surface area contributed by atoms with Crippen LogP contribution in [0.25, 0.3) is 0 Å². The van der Waals surface area contributed by atoms with Crippen molar-refractivity contribution >= 4 is 23.8 Å². The van der Waals surface area contributed by atoms with Gasteiger partial charge in [-0.1, -0.05) is 0 Å². The first-order valence-electron chi connectivity index (χ1n) is 10.4. The van der Waals surface area contributed by atoms with Crippen molar-refractivity contribution in [3.63, 3.8) is 0 Å². The Morgan fingerprint density at radius 1 is 0.786 bits per heavy atom. The van der Waals surface area contributed by atoms with Crippen LogP contribution in [-0.2, 0) is 28.7 Å². The smallest absolute Gasteiger partial charge is 0.328 e. The van der Waals surface area contributed by atoms with Crippen LogP contribution in [0.4, 0.5) is 0 Å². The summed E-state index contributed by atoms with van der Waals surface area (Å²) in [5, 5.41) is 0. The highest BCUT2D eigenvalue weighted by Gasteiger charge is 2.47. The van der Waals surface area contributed by atoms with E-state index in [1.54, 1.807) is 23.6 Å². The molecule has 0 unspecified atom stereocenters. The van der Waals surface area contributed by atoms with Crippen LogP contribution in [0.2, 0.25) is 0 Å². The van der Waals surface area contributed by atoms with Crippen molar-refractivity contribution in [2.24, 2.45) is 0 Å². The summed E-state index contributed by atoms with van der Waals surface area (Å²) in [4.78, 5) is 54.3. The molecule has 3 saturated heterocycles. The van der Waals surface area contributed by atoms with Crippen molar-refractivity contribution in [2.45, 2.75) is 89.4 Å². The molecule has 0 aliphatic carbocycles. The summed E-state index contributed by atoms with van der Waals surface area (Å²) in [7, 11) is 0. The second-order valence-corrected chi connectivity index (χ2v) is 7.72. The lowest BCUT2D eigenvalue weighted by Gasteiger charge is -2.47. The maximum atomic E-state index is 13.1. The minimum Gasteiger partial charge on any atom is -0.464 e. The summed E-state index contributed by atoms with van der Waals surface area (Å²) >= 11 is 0. The van der Waals surface area contributed by atoms with E-state index in [0.717, 1.165) is 12.8 Å². The van der Waals surface area contributed by atoms with E-state index in [0.29, 0.717) is 25.7 Å². The predicted molar refractivity (Wildman–Crippen MR) is 99.0 cm³/mol. The van der Waals surface area contributed by atoms with Gasteiger partial charge in [-0.15, -0.1) is 0 Å². The third-order valence-corrected chi connectivity index (χ3v) is 6.00. The molecule has 3 fully saturated rings. The molecular weight excluding hydrogens is 364 g/mol. The van der Waals surface area contributed by atoms with E-state index in [1.165, 1.54) is 0 Å². The molecule has 156 valence electrons. The van der Waals surface area contributed by atoms with Gasteiger partial charge < -0.3 is 19.3 Å². The Morgan fingerprint density at radius 2 is 1.18 bits per heavy atom. The molecule has 0 saturated carbocycles. The first-order valence-corrected chi connectivity index (χ1v) is 10.4. The molecule has 28 heavy (non-hydrogen) atoms. The molecule has 0 bridgehead atoms. The molecule has 3 aliphatic rings. The highest BCUT2D eigenvalue weighted by atomic mass is 16.5. The summed E-state index contributed by atoms with van der Waals surface area (Å²) in [6, 6.07) is -1.88. The Balaban J connectivity index is 1.85. The molecular formula is C20H30N2O6. The lowest BCUT2D eigenvalue weighted by molar-refractivity contribution is -0.168. The van der Waals surface area contributed by atoms with Crippen LogP contribution in [0.15, 0.2) is 0 Å². The van der Waals surface area contributed by atoms with Gasteiger partial charge in [0.1, 0.15) is 12.1 Å². The van der Waals surface area contributed by atoms with E-state index in [2.05, 4.69) is 0 Å². The van der Waals surface area contributed by atoms with Gasteiger partial charge in [0, 0.05) is 24.9 Å². The summed E-state index contributed by atoms with van der Waals surface area (Å²) in [5.41, 5.74) is 0. The number of hydrogen-bond donors (Lipinski definition) is 0. The predicted octanol–water partition coefficient (Wildman–Crippen LogP) is 1.41. The number of hydrogen-bond acceptors (Lipinski definition) is 6. The molecule has 8 nitrogen and oxygen atoms in total. The summed E-state index contributed by atoms with van der Waals surface area (Å²) in [6.45, 7) is 4.01. The van der Waals surface area contributed by atoms with Crippen molar-refractivity contribution < 1.29 is 28.7 Å². The second-order valence-electron chi connectivity index (χ2n) is 7.72. The first-order chi connectivity index (χ1) is 13.5. The van der Waals surface area contributed by atoms with Gasteiger partial charge in [-0.05, 0) is 52.4 Å². The van der Waals surface area contributed by atoms with Gasteiger partial charge >= 0.3 is 11.9 Å². The van der Waals surface area contributed by atoms with Gasteiger partial charge in [-0.2, -0.15) is 0 Å². The molecule has 0 aromatic carbocycles. The topological polar surface area (TPSA) is 93.2 Å². The highest BCUT2D eigenvalue weighted by Crippen LogP contribution is 2.34. The first kappa shape index (κ1) is 20.6. The second kappa shape index (κ2) is 8.92. The number of esters is 2. The van der Waals surface area contributed by atoms with Gasteiger partial charge in [0.25, 0.3) is 0 Å². The van der Waals surface area contributed by atoms with Crippen LogP contribution in [0, 0.1) is 0 Å². The van der Waals surface area contributed by atoms with E-state index in [4.69, 9.17) is 9.47 Å².